The maximum absolute atomic E-state index is 5.34. The maximum Gasteiger partial charge on any atom is 0.126 e. The standard InChI is InChI=1S/C13H18O/c1-5-10-14-12-8-6-11(7-9-12)13(2,3)4/h5-10H,1-4H3. The van der Waals surface area contributed by atoms with Crippen LogP contribution in [-0.2, 0) is 5.41 Å². The highest BCUT2D eigenvalue weighted by Crippen LogP contribution is 2.24. The van der Waals surface area contributed by atoms with E-state index in [0.29, 0.717) is 0 Å². The molecule has 0 radical (unpaired) electrons. The number of hydrogen-bond donors (Lipinski definition) is 0. The summed E-state index contributed by atoms with van der Waals surface area (Å²) in [6, 6.07) is 8.22. The van der Waals surface area contributed by atoms with Crippen LogP contribution < -0.4 is 4.74 Å². The molecule has 0 N–H and O–H groups in total. The highest BCUT2D eigenvalue weighted by atomic mass is 16.5. The Labute approximate surface area is 86.4 Å². The van der Waals surface area contributed by atoms with Gasteiger partial charge in [0.15, 0.2) is 0 Å². The molecule has 0 aliphatic heterocycles. The third-order valence-corrected chi connectivity index (χ3v) is 2.06. The lowest BCUT2D eigenvalue weighted by Crippen LogP contribution is -2.10. The van der Waals surface area contributed by atoms with E-state index in [1.807, 2.05) is 25.1 Å². The Hall–Kier alpha value is -1.24. The molecule has 14 heavy (non-hydrogen) atoms. The summed E-state index contributed by atoms with van der Waals surface area (Å²) in [5.41, 5.74) is 1.53. The number of allylic oxidation sites excluding steroid dienone is 1. The predicted molar refractivity (Wildman–Crippen MR) is 60.6 cm³/mol. The average molecular weight is 190 g/mol. The molecule has 0 aromatic heterocycles. The van der Waals surface area contributed by atoms with Crippen LogP contribution in [0.5, 0.6) is 5.75 Å². The van der Waals surface area contributed by atoms with Gasteiger partial charge in [0.1, 0.15) is 5.75 Å². The van der Waals surface area contributed by atoms with E-state index in [0.717, 1.165) is 5.75 Å². The lowest BCUT2D eigenvalue weighted by Gasteiger charge is -2.18. The van der Waals surface area contributed by atoms with Crippen LogP contribution in [0.3, 0.4) is 0 Å². The summed E-state index contributed by atoms with van der Waals surface area (Å²) < 4.78 is 5.34. The normalized spacial score (nSPS) is 12.0. The van der Waals surface area contributed by atoms with Crippen molar-refractivity contribution in [2.75, 3.05) is 0 Å². The van der Waals surface area contributed by atoms with E-state index in [4.69, 9.17) is 4.74 Å². The largest absolute Gasteiger partial charge is 0.465 e. The van der Waals surface area contributed by atoms with Gasteiger partial charge in [-0.3, -0.25) is 0 Å². The molecule has 0 saturated carbocycles. The maximum atomic E-state index is 5.34. The summed E-state index contributed by atoms with van der Waals surface area (Å²) in [5, 5.41) is 0. The van der Waals surface area contributed by atoms with Gasteiger partial charge < -0.3 is 4.74 Å². The highest BCUT2D eigenvalue weighted by molar-refractivity contribution is 5.31. The third kappa shape index (κ3) is 2.91. The van der Waals surface area contributed by atoms with Gasteiger partial charge in [-0.2, -0.15) is 0 Å². The van der Waals surface area contributed by atoms with E-state index in [9.17, 15) is 0 Å². The second-order valence-corrected chi connectivity index (χ2v) is 4.36. The summed E-state index contributed by atoms with van der Waals surface area (Å²) in [7, 11) is 0. The Bertz CT molecular complexity index is 301. The smallest absolute Gasteiger partial charge is 0.126 e. The van der Waals surface area contributed by atoms with Gasteiger partial charge in [0.05, 0.1) is 6.26 Å². The van der Waals surface area contributed by atoms with E-state index in [1.54, 1.807) is 6.26 Å². The number of ether oxygens (including phenoxy) is 1. The molecule has 0 atom stereocenters. The van der Waals surface area contributed by atoms with Gasteiger partial charge in [-0.1, -0.05) is 39.0 Å². The SMILES string of the molecule is CC=COc1ccc(C(C)(C)C)cc1. The van der Waals surface area contributed by atoms with Crippen LogP contribution >= 0.6 is 0 Å². The molecule has 0 spiro atoms. The van der Waals surface area contributed by atoms with Crippen molar-refractivity contribution in [3.8, 4) is 5.75 Å². The van der Waals surface area contributed by atoms with Gasteiger partial charge in [-0.15, -0.1) is 0 Å². The second kappa shape index (κ2) is 4.32. The molecular weight excluding hydrogens is 172 g/mol. The third-order valence-electron chi connectivity index (χ3n) is 2.06. The van der Waals surface area contributed by atoms with E-state index in [1.165, 1.54) is 5.56 Å². The Kier molecular flexibility index (Phi) is 3.34. The van der Waals surface area contributed by atoms with Crippen LogP contribution in [0.2, 0.25) is 0 Å². The molecule has 1 nitrogen and oxygen atoms in total. The average Bonchev–Trinajstić information content (AvgIpc) is 2.14. The van der Waals surface area contributed by atoms with Crippen LogP contribution in [0.4, 0.5) is 0 Å². The van der Waals surface area contributed by atoms with Crippen LogP contribution in [0.25, 0.3) is 0 Å². The Morgan fingerprint density at radius 1 is 1.07 bits per heavy atom. The van der Waals surface area contributed by atoms with Crippen molar-refractivity contribution in [1.82, 2.24) is 0 Å². The Balaban J connectivity index is 2.79. The molecule has 1 aromatic carbocycles. The van der Waals surface area contributed by atoms with Crippen molar-refractivity contribution >= 4 is 0 Å². The molecule has 0 aliphatic rings. The summed E-state index contributed by atoms with van der Waals surface area (Å²) in [6.07, 6.45) is 3.56. The van der Waals surface area contributed by atoms with Crippen LogP contribution in [-0.4, -0.2) is 0 Å². The van der Waals surface area contributed by atoms with Gasteiger partial charge >= 0.3 is 0 Å². The van der Waals surface area contributed by atoms with Crippen molar-refractivity contribution in [2.24, 2.45) is 0 Å². The van der Waals surface area contributed by atoms with Crippen molar-refractivity contribution in [1.29, 1.82) is 0 Å². The van der Waals surface area contributed by atoms with Crippen LogP contribution in [0.1, 0.15) is 33.3 Å². The molecular formula is C13H18O. The zero-order valence-corrected chi connectivity index (χ0v) is 9.37. The molecule has 0 amide bonds. The number of benzene rings is 1. The van der Waals surface area contributed by atoms with Gasteiger partial charge in [0, 0.05) is 0 Å². The van der Waals surface area contributed by atoms with Crippen molar-refractivity contribution in [3.63, 3.8) is 0 Å². The summed E-state index contributed by atoms with van der Waals surface area (Å²) in [5.74, 6) is 0.885. The predicted octanol–water partition coefficient (Wildman–Crippen LogP) is 3.90. The second-order valence-electron chi connectivity index (χ2n) is 4.36. The molecule has 0 fully saturated rings. The van der Waals surface area contributed by atoms with Gasteiger partial charge in [0.25, 0.3) is 0 Å². The minimum atomic E-state index is 0.207. The fourth-order valence-electron chi connectivity index (χ4n) is 1.18. The van der Waals surface area contributed by atoms with E-state index < -0.39 is 0 Å². The fraction of sp³-hybridized carbons (Fsp3) is 0.385. The minimum Gasteiger partial charge on any atom is -0.465 e. The first-order valence-corrected chi connectivity index (χ1v) is 4.92. The summed E-state index contributed by atoms with van der Waals surface area (Å²) >= 11 is 0. The van der Waals surface area contributed by atoms with E-state index in [-0.39, 0.29) is 5.41 Å². The first-order valence-electron chi connectivity index (χ1n) is 4.92. The molecule has 0 unspecified atom stereocenters. The summed E-state index contributed by atoms with van der Waals surface area (Å²) in [6.45, 7) is 8.54. The molecule has 0 bridgehead atoms. The first-order chi connectivity index (χ1) is 6.54. The number of rotatable bonds is 2. The quantitative estimate of drug-likeness (QED) is 0.643. The van der Waals surface area contributed by atoms with E-state index in [2.05, 4.69) is 32.9 Å². The number of hydrogen-bond acceptors (Lipinski definition) is 1. The van der Waals surface area contributed by atoms with Crippen LogP contribution in [0.15, 0.2) is 36.6 Å². The molecule has 0 aliphatic carbocycles. The Morgan fingerprint density at radius 3 is 2.07 bits per heavy atom. The van der Waals surface area contributed by atoms with Crippen molar-refractivity contribution in [2.45, 2.75) is 33.1 Å². The highest BCUT2D eigenvalue weighted by Gasteiger charge is 2.12. The minimum absolute atomic E-state index is 0.207. The molecule has 1 rings (SSSR count). The van der Waals surface area contributed by atoms with Crippen LogP contribution in [0, 0.1) is 0 Å². The van der Waals surface area contributed by atoms with Gasteiger partial charge in [-0.05, 0) is 30.0 Å². The lowest BCUT2D eigenvalue weighted by molar-refractivity contribution is 0.479. The van der Waals surface area contributed by atoms with Crippen molar-refractivity contribution in [3.05, 3.63) is 42.2 Å². The summed E-state index contributed by atoms with van der Waals surface area (Å²) in [4.78, 5) is 0. The topological polar surface area (TPSA) is 9.23 Å². The molecule has 1 heteroatoms. The van der Waals surface area contributed by atoms with Crippen molar-refractivity contribution < 1.29 is 4.74 Å². The fourth-order valence-corrected chi connectivity index (χ4v) is 1.18. The van der Waals surface area contributed by atoms with Gasteiger partial charge in [0.2, 0.25) is 0 Å². The zero-order valence-electron chi connectivity index (χ0n) is 9.37. The Morgan fingerprint density at radius 2 is 1.64 bits per heavy atom. The van der Waals surface area contributed by atoms with E-state index >= 15 is 0 Å². The molecule has 0 saturated heterocycles. The molecule has 1 aromatic rings. The molecule has 0 heterocycles. The first kappa shape index (κ1) is 10.8. The monoisotopic (exact) mass is 190 g/mol. The zero-order chi connectivity index (χ0) is 10.6. The van der Waals surface area contributed by atoms with Gasteiger partial charge in [-0.25, -0.2) is 0 Å². The lowest BCUT2D eigenvalue weighted by atomic mass is 9.87. The molecule has 76 valence electrons.